The minimum Gasteiger partial charge on any atom is -0.372 e. The first-order valence-corrected chi connectivity index (χ1v) is 22.1. The van der Waals surface area contributed by atoms with Crippen LogP contribution in [0.5, 0.6) is 0 Å². The highest BCUT2D eigenvalue weighted by Gasteiger charge is 2.35. The van der Waals surface area contributed by atoms with Crippen molar-refractivity contribution in [3.05, 3.63) is 93.8 Å². The standard InChI is InChI=1S/C41H42ClF6N9O4S/c1-21-16-54(17-22(2)61-21)28-7-6-25-18-55(33-9-8-29(42)37-38(33)57(19-35(45)46)52-40(37)53-62(3,59)60)41(50-30(25)14-28)32(12-23-10-26(43)13-27(44)11-23)49-36(58)20-56-34(39(47)48)15-31(51-56)24-4-5-24/h6-11,13-15,21-22,24,32,35,39H,4-5,12,16-20H2,1-3H3,(H,49,58)(H,52,53)/t21-,22+,32-/m0/s1. The van der Waals surface area contributed by atoms with E-state index in [2.05, 4.69) is 25.1 Å². The maximum atomic E-state index is 14.8. The highest BCUT2D eigenvalue weighted by molar-refractivity contribution is 7.92. The van der Waals surface area contributed by atoms with E-state index in [4.69, 9.17) is 21.3 Å². The number of nitrogens with zero attached hydrogens (tertiary/aromatic N) is 7. The van der Waals surface area contributed by atoms with E-state index in [0.717, 1.165) is 46.3 Å². The fraction of sp³-hybridized carbons (Fsp3) is 0.415. The number of sulfonamides is 1. The van der Waals surface area contributed by atoms with Gasteiger partial charge in [-0.05, 0) is 80.3 Å². The molecule has 0 bridgehead atoms. The molecule has 2 fully saturated rings. The molecular weight excluding hydrogens is 864 g/mol. The molecule has 0 spiro atoms. The van der Waals surface area contributed by atoms with Gasteiger partial charge in [-0.15, -0.1) is 0 Å². The van der Waals surface area contributed by atoms with Crippen molar-refractivity contribution in [2.24, 2.45) is 4.99 Å². The number of hydrogen-bond acceptors (Lipinski definition) is 9. The van der Waals surface area contributed by atoms with E-state index in [1.54, 1.807) is 4.90 Å². The average Bonchev–Trinajstić information content (AvgIpc) is 3.85. The molecule has 1 amide bonds. The third-order valence-corrected chi connectivity index (χ3v) is 11.6. The van der Waals surface area contributed by atoms with Crippen LogP contribution >= 0.6 is 11.6 Å². The SMILES string of the molecule is C[C@@H]1CN(c2ccc3c(c2)N=C([C@H](Cc2cc(F)cc(F)c2)NC(=O)Cn2nc(C4CC4)cc2C(F)F)N(c2ccc(Cl)c4c(NS(C)(=O)=O)nn(CC(F)F)c24)C3)C[C@H](C)O1. The zero-order chi connectivity index (χ0) is 44.2. The topological polar surface area (TPSA) is 139 Å². The van der Waals surface area contributed by atoms with Gasteiger partial charge in [0.15, 0.2) is 5.82 Å². The number of fused-ring (bicyclic) bond motifs is 2. The molecule has 2 aromatic heterocycles. The predicted octanol–water partition coefficient (Wildman–Crippen LogP) is 7.71. The van der Waals surface area contributed by atoms with E-state index in [9.17, 15) is 39.6 Å². The molecule has 3 aromatic carbocycles. The van der Waals surface area contributed by atoms with Gasteiger partial charge in [0.1, 0.15) is 36.3 Å². The number of nitrogens with one attached hydrogen (secondary N) is 2. The molecule has 21 heteroatoms. The van der Waals surface area contributed by atoms with Crippen molar-refractivity contribution in [3.63, 3.8) is 0 Å². The number of alkyl halides is 4. The number of aromatic nitrogens is 4. The number of amidine groups is 1. The van der Waals surface area contributed by atoms with Crippen molar-refractivity contribution in [2.45, 2.75) is 89.8 Å². The first-order valence-electron chi connectivity index (χ1n) is 19.8. The van der Waals surface area contributed by atoms with Crippen LogP contribution < -0.4 is 19.8 Å². The van der Waals surface area contributed by atoms with E-state index < -0.39 is 65.2 Å². The van der Waals surface area contributed by atoms with Gasteiger partial charge in [0.2, 0.25) is 15.9 Å². The van der Waals surface area contributed by atoms with Crippen LogP contribution in [0.4, 0.5) is 49.2 Å². The number of anilines is 3. The fourth-order valence-electron chi connectivity index (χ4n) is 8.16. The monoisotopic (exact) mass is 905 g/mol. The van der Waals surface area contributed by atoms with Gasteiger partial charge in [0.25, 0.3) is 12.9 Å². The molecule has 1 saturated heterocycles. The average molecular weight is 906 g/mol. The normalized spacial score (nSPS) is 18.7. The number of morpholine rings is 1. The highest BCUT2D eigenvalue weighted by Crippen LogP contribution is 2.42. The van der Waals surface area contributed by atoms with Crippen molar-refractivity contribution in [2.75, 3.05) is 33.9 Å². The van der Waals surface area contributed by atoms with Gasteiger partial charge in [-0.3, -0.25) is 18.9 Å². The lowest BCUT2D eigenvalue weighted by molar-refractivity contribution is -0.122. The summed E-state index contributed by atoms with van der Waals surface area (Å²) in [6.45, 7) is 3.43. The summed E-state index contributed by atoms with van der Waals surface area (Å²) in [7, 11) is -4.00. The minimum absolute atomic E-state index is 0.00861. The van der Waals surface area contributed by atoms with Crippen LogP contribution in [0.15, 0.2) is 59.6 Å². The lowest BCUT2D eigenvalue weighted by Gasteiger charge is -2.38. The van der Waals surface area contributed by atoms with Crippen LogP contribution in [-0.4, -0.2) is 83.7 Å². The molecule has 3 aliphatic rings. The predicted molar refractivity (Wildman–Crippen MR) is 222 cm³/mol. The summed E-state index contributed by atoms with van der Waals surface area (Å²) in [5.74, 6) is -2.83. The summed E-state index contributed by atoms with van der Waals surface area (Å²) in [6, 6.07) is 11.4. The Morgan fingerprint density at radius 1 is 0.952 bits per heavy atom. The van der Waals surface area contributed by atoms with E-state index >= 15 is 0 Å². The smallest absolute Gasteiger partial charge is 0.280 e. The largest absolute Gasteiger partial charge is 0.372 e. The molecular formula is C41H42ClF6N9O4S. The van der Waals surface area contributed by atoms with Crippen LogP contribution in [0.3, 0.4) is 0 Å². The van der Waals surface area contributed by atoms with Gasteiger partial charge >= 0.3 is 0 Å². The summed E-state index contributed by atoms with van der Waals surface area (Å²) in [5.41, 5.74) is 2.14. The Bertz CT molecular complexity index is 2640. The van der Waals surface area contributed by atoms with Crippen LogP contribution in [0, 0.1) is 11.6 Å². The van der Waals surface area contributed by atoms with Crippen molar-refractivity contribution in [1.29, 1.82) is 0 Å². The van der Waals surface area contributed by atoms with Gasteiger partial charge in [0, 0.05) is 37.2 Å². The van der Waals surface area contributed by atoms with Crippen LogP contribution in [0.1, 0.15) is 61.5 Å². The molecule has 1 saturated carbocycles. The molecule has 330 valence electrons. The van der Waals surface area contributed by atoms with Gasteiger partial charge in [-0.2, -0.15) is 10.2 Å². The maximum absolute atomic E-state index is 14.8. The molecule has 0 unspecified atom stereocenters. The van der Waals surface area contributed by atoms with Crippen molar-refractivity contribution in [3.8, 4) is 0 Å². The highest BCUT2D eigenvalue weighted by atomic mass is 35.5. The molecule has 4 heterocycles. The van der Waals surface area contributed by atoms with Crippen LogP contribution in [0.2, 0.25) is 5.02 Å². The van der Waals surface area contributed by atoms with E-state index in [0.29, 0.717) is 36.1 Å². The Balaban J connectivity index is 1.29. The molecule has 2 aliphatic heterocycles. The van der Waals surface area contributed by atoms with E-state index in [1.807, 2.05) is 32.0 Å². The Kier molecular flexibility index (Phi) is 11.9. The summed E-state index contributed by atoms with van der Waals surface area (Å²) in [4.78, 5) is 22.9. The van der Waals surface area contributed by atoms with E-state index in [1.165, 1.54) is 18.2 Å². The zero-order valence-electron chi connectivity index (χ0n) is 33.6. The molecule has 1 aliphatic carbocycles. The lowest BCUT2D eigenvalue weighted by Crippen LogP contribution is -2.51. The van der Waals surface area contributed by atoms with E-state index in [-0.39, 0.29) is 69.9 Å². The number of benzene rings is 3. The number of hydrogen-bond donors (Lipinski definition) is 2. The second-order valence-corrected chi connectivity index (χ2v) is 18.1. The number of aliphatic imine (C=N–C) groups is 1. The first-order chi connectivity index (χ1) is 29.4. The number of ether oxygens (including phenoxy) is 1. The number of carbonyl (C=O) groups is 1. The van der Waals surface area contributed by atoms with Crippen molar-refractivity contribution < 1.29 is 44.3 Å². The third kappa shape index (κ3) is 9.51. The molecule has 0 radical (unpaired) electrons. The molecule has 5 aromatic rings. The van der Waals surface area contributed by atoms with Gasteiger partial charge in [-0.25, -0.2) is 39.8 Å². The maximum Gasteiger partial charge on any atom is 0.280 e. The molecule has 8 rings (SSSR count). The fourth-order valence-corrected chi connectivity index (χ4v) is 8.89. The third-order valence-electron chi connectivity index (χ3n) is 10.8. The van der Waals surface area contributed by atoms with Crippen molar-refractivity contribution >= 4 is 67.1 Å². The molecule has 3 atom stereocenters. The lowest BCUT2D eigenvalue weighted by atomic mass is 10.00. The van der Waals surface area contributed by atoms with Gasteiger partial charge in [-0.1, -0.05) is 17.7 Å². The summed E-state index contributed by atoms with van der Waals surface area (Å²) in [6.07, 6.45) is -3.92. The first kappa shape index (κ1) is 43.3. The summed E-state index contributed by atoms with van der Waals surface area (Å²) < 4.78 is 121. The Hall–Kier alpha value is -5.34. The summed E-state index contributed by atoms with van der Waals surface area (Å²) >= 11 is 6.66. The number of halogens is 7. The van der Waals surface area contributed by atoms with Crippen LogP contribution in [-0.2, 0) is 45.6 Å². The molecule has 2 N–H and O–H groups in total. The minimum atomic E-state index is -4.00. The quantitative estimate of drug-likeness (QED) is 0.108. The Labute approximate surface area is 357 Å². The second kappa shape index (κ2) is 17.1. The Morgan fingerprint density at radius 2 is 1.66 bits per heavy atom. The zero-order valence-corrected chi connectivity index (χ0v) is 35.2. The van der Waals surface area contributed by atoms with Gasteiger partial charge < -0.3 is 19.9 Å². The molecule has 62 heavy (non-hydrogen) atoms. The molecule has 13 nitrogen and oxygen atoms in total. The summed E-state index contributed by atoms with van der Waals surface area (Å²) in [5, 5.41) is 11.3. The number of rotatable bonds is 14. The Morgan fingerprint density at radius 3 is 2.31 bits per heavy atom. The van der Waals surface area contributed by atoms with Crippen LogP contribution in [0.25, 0.3) is 10.9 Å². The van der Waals surface area contributed by atoms with Crippen molar-refractivity contribution in [1.82, 2.24) is 24.9 Å². The second-order valence-electron chi connectivity index (χ2n) is 15.9. The van der Waals surface area contributed by atoms with Gasteiger partial charge in [0.05, 0.1) is 64.0 Å². The number of carbonyl (C=O) groups excluding carboxylic acids is 1. The number of amides is 1.